The molecule has 0 atom stereocenters. The quantitative estimate of drug-likeness (QED) is 0.836. The number of carbonyl (C=O) groups excluding carboxylic acids is 1. The summed E-state index contributed by atoms with van der Waals surface area (Å²) < 4.78 is 38.6. The van der Waals surface area contributed by atoms with E-state index in [-0.39, 0.29) is 16.8 Å². The van der Waals surface area contributed by atoms with Crippen LogP contribution in [0.4, 0.5) is 5.69 Å². The van der Waals surface area contributed by atoms with Gasteiger partial charge in [0.1, 0.15) is 13.2 Å². The number of anilines is 1. The molecule has 1 heterocycles. The summed E-state index contributed by atoms with van der Waals surface area (Å²) in [6.07, 6.45) is 0. The van der Waals surface area contributed by atoms with Crippen molar-refractivity contribution >= 4 is 21.6 Å². The maximum absolute atomic E-state index is 12.6. The molecule has 26 heavy (non-hydrogen) atoms. The van der Waals surface area contributed by atoms with Crippen LogP contribution in [-0.2, 0) is 10.0 Å². The van der Waals surface area contributed by atoms with Gasteiger partial charge in [-0.15, -0.1) is 0 Å². The Labute approximate surface area is 152 Å². The smallest absolute Gasteiger partial charge is 0.262 e. The third kappa shape index (κ3) is 4.08. The fourth-order valence-corrected chi connectivity index (χ4v) is 3.54. The molecule has 138 valence electrons. The molecule has 1 aliphatic heterocycles. The molecule has 3 rings (SSSR count). The lowest BCUT2D eigenvalue weighted by atomic mass is 10.2. The van der Waals surface area contributed by atoms with Gasteiger partial charge in [-0.1, -0.05) is 6.07 Å². The highest BCUT2D eigenvalue weighted by Gasteiger charge is 2.20. The first kappa shape index (κ1) is 18.1. The first-order valence-electron chi connectivity index (χ1n) is 8.18. The lowest BCUT2D eigenvalue weighted by Gasteiger charge is -2.19. The minimum absolute atomic E-state index is 0.0134. The summed E-state index contributed by atoms with van der Waals surface area (Å²) in [6, 6.07) is 10.7. The average molecular weight is 376 g/mol. The second-order valence-electron chi connectivity index (χ2n) is 6.12. The molecular formula is C18H20N2O5S. The van der Waals surface area contributed by atoms with Crippen LogP contribution in [0, 0.1) is 0 Å². The third-order valence-corrected chi connectivity index (χ3v) is 5.00. The van der Waals surface area contributed by atoms with Gasteiger partial charge in [0, 0.05) is 23.4 Å². The van der Waals surface area contributed by atoms with E-state index in [1.165, 1.54) is 18.2 Å². The van der Waals surface area contributed by atoms with Crippen LogP contribution in [0.15, 0.2) is 47.4 Å². The zero-order chi connectivity index (χ0) is 18.7. The summed E-state index contributed by atoms with van der Waals surface area (Å²) in [7, 11) is -3.83. The minimum Gasteiger partial charge on any atom is -0.486 e. The van der Waals surface area contributed by atoms with Gasteiger partial charge in [0.15, 0.2) is 11.5 Å². The molecule has 1 amide bonds. The van der Waals surface area contributed by atoms with Crippen molar-refractivity contribution in [3.05, 3.63) is 48.0 Å². The summed E-state index contributed by atoms with van der Waals surface area (Å²) in [5.41, 5.74) is 0.678. The molecule has 1 aliphatic rings. The minimum atomic E-state index is -3.83. The van der Waals surface area contributed by atoms with Crippen molar-refractivity contribution in [1.82, 2.24) is 5.32 Å². The van der Waals surface area contributed by atoms with Gasteiger partial charge in [0.2, 0.25) is 0 Å². The molecule has 0 aliphatic carbocycles. The summed E-state index contributed by atoms with van der Waals surface area (Å²) in [6.45, 7) is 4.51. The number of carbonyl (C=O) groups is 1. The maximum Gasteiger partial charge on any atom is 0.262 e. The molecule has 0 fully saturated rings. The molecule has 7 nitrogen and oxygen atoms in total. The molecule has 0 bridgehead atoms. The molecular weight excluding hydrogens is 356 g/mol. The number of amides is 1. The van der Waals surface area contributed by atoms with Gasteiger partial charge in [-0.3, -0.25) is 9.52 Å². The van der Waals surface area contributed by atoms with Crippen LogP contribution < -0.4 is 19.5 Å². The van der Waals surface area contributed by atoms with E-state index >= 15 is 0 Å². The highest BCUT2D eigenvalue weighted by molar-refractivity contribution is 7.92. The molecule has 0 radical (unpaired) electrons. The Balaban J connectivity index is 1.82. The average Bonchev–Trinajstić information content (AvgIpc) is 2.60. The fourth-order valence-electron chi connectivity index (χ4n) is 2.47. The van der Waals surface area contributed by atoms with E-state index in [9.17, 15) is 13.2 Å². The van der Waals surface area contributed by atoms with E-state index in [1.54, 1.807) is 24.3 Å². The molecule has 2 aromatic carbocycles. The van der Waals surface area contributed by atoms with Crippen LogP contribution >= 0.6 is 0 Å². The monoisotopic (exact) mass is 376 g/mol. The van der Waals surface area contributed by atoms with Gasteiger partial charge in [-0.2, -0.15) is 0 Å². The lowest BCUT2D eigenvalue weighted by Crippen LogP contribution is -2.30. The van der Waals surface area contributed by atoms with Gasteiger partial charge in [-0.05, 0) is 44.2 Å². The van der Waals surface area contributed by atoms with Crippen LogP contribution in [0.1, 0.15) is 24.2 Å². The Bertz CT molecular complexity index is 925. The van der Waals surface area contributed by atoms with Gasteiger partial charge < -0.3 is 14.8 Å². The van der Waals surface area contributed by atoms with Crippen LogP contribution in [0.3, 0.4) is 0 Å². The number of hydrogen-bond donors (Lipinski definition) is 2. The van der Waals surface area contributed by atoms with Crippen molar-refractivity contribution in [3.63, 3.8) is 0 Å². The summed E-state index contributed by atoms with van der Waals surface area (Å²) >= 11 is 0. The van der Waals surface area contributed by atoms with Crippen LogP contribution in [0.25, 0.3) is 0 Å². The number of rotatable bonds is 5. The van der Waals surface area contributed by atoms with Crippen LogP contribution in [0.2, 0.25) is 0 Å². The Morgan fingerprint density at radius 1 is 1.04 bits per heavy atom. The molecule has 0 spiro atoms. The number of fused-ring (bicyclic) bond motifs is 1. The number of benzene rings is 2. The Kier molecular flexibility index (Phi) is 5.03. The third-order valence-electron chi connectivity index (χ3n) is 3.62. The van der Waals surface area contributed by atoms with E-state index in [2.05, 4.69) is 10.0 Å². The molecule has 0 saturated carbocycles. The van der Waals surface area contributed by atoms with E-state index in [0.717, 1.165) is 0 Å². The second-order valence-corrected chi connectivity index (χ2v) is 7.80. The highest BCUT2D eigenvalue weighted by atomic mass is 32.2. The molecule has 2 N–H and O–H groups in total. The lowest BCUT2D eigenvalue weighted by molar-refractivity contribution is 0.0943. The number of hydrogen-bond acceptors (Lipinski definition) is 5. The Morgan fingerprint density at radius 2 is 1.77 bits per heavy atom. The number of nitrogens with one attached hydrogen (secondary N) is 2. The van der Waals surface area contributed by atoms with E-state index in [4.69, 9.17) is 9.47 Å². The van der Waals surface area contributed by atoms with Gasteiger partial charge in [0.05, 0.1) is 4.90 Å². The SMILES string of the molecule is CC(C)NC(=O)c1cccc(NS(=O)(=O)c2ccc3c(c2)OCCO3)c1. The standard InChI is InChI=1S/C18H20N2O5S/c1-12(2)19-18(21)13-4-3-5-14(10-13)20-26(22,23)15-6-7-16-17(11-15)25-9-8-24-16/h3-7,10-12,20H,8-9H2,1-2H3,(H,19,21). The van der Waals surface area contributed by atoms with Crippen molar-refractivity contribution in [3.8, 4) is 11.5 Å². The van der Waals surface area contributed by atoms with Gasteiger partial charge >= 0.3 is 0 Å². The van der Waals surface area contributed by atoms with Crippen LogP contribution in [0.5, 0.6) is 11.5 Å². The number of sulfonamides is 1. The topological polar surface area (TPSA) is 93.7 Å². The van der Waals surface area contributed by atoms with Crippen molar-refractivity contribution in [2.45, 2.75) is 24.8 Å². The molecule has 8 heteroatoms. The Morgan fingerprint density at radius 3 is 2.50 bits per heavy atom. The zero-order valence-electron chi connectivity index (χ0n) is 14.5. The first-order chi connectivity index (χ1) is 12.3. The summed E-state index contributed by atoms with van der Waals surface area (Å²) in [4.78, 5) is 12.1. The van der Waals surface area contributed by atoms with Crippen LogP contribution in [-0.4, -0.2) is 33.6 Å². The van der Waals surface area contributed by atoms with E-state index in [1.807, 2.05) is 13.8 Å². The second kappa shape index (κ2) is 7.25. The van der Waals surface area contributed by atoms with Crippen molar-refractivity contribution in [2.75, 3.05) is 17.9 Å². The summed E-state index contributed by atoms with van der Waals surface area (Å²) in [5, 5.41) is 2.77. The molecule has 0 saturated heterocycles. The number of ether oxygens (including phenoxy) is 2. The van der Waals surface area contributed by atoms with Crippen molar-refractivity contribution in [2.24, 2.45) is 0 Å². The normalized spacial score (nSPS) is 13.3. The molecule has 0 aromatic heterocycles. The van der Waals surface area contributed by atoms with Crippen molar-refractivity contribution < 1.29 is 22.7 Å². The largest absolute Gasteiger partial charge is 0.486 e. The van der Waals surface area contributed by atoms with Gasteiger partial charge in [0.25, 0.3) is 15.9 Å². The predicted octanol–water partition coefficient (Wildman–Crippen LogP) is 2.40. The fraction of sp³-hybridized carbons (Fsp3) is 0.278. The Hall–Kier alpha value is -2.74. The predicted molar refractivity (Wildman–Crippen MR) is 97.3 cm³/mol. The zero-order valence-corrected chi connectivity index (χ0v) is 15.3. The van der Waals surface area contributed by atoms with E-state index < -0.39 is 10.0 Å². The molecule has 0 unspecified atom stereocenters. The first-order valence-corrected chi connectivity index (χ1v) is 9.67. The summed E-state index contributed by atoms with van der Waals surface area (Å²) in [5.74, 6) is 0.645. The maximum atomic E-state index is 12.6. The highest BCUT2D eigenvalue weighted by Crippen LogP contribution is 2.32. The van der Waals surface area contributed by atoms with E-state index in [0.29, 0.717) is 36.0 Å². The van der Waals surface area contributed by atoms with Gasteiger partial charge in [-0.25, -0.2) is 8.42 Å². The molecule has 2 aromatic rings. The van der Waals surface area contributed by atoms with Crippen molar-refractivity contribution in [1.29, 1.82) is 0 Å².